The van der Waals surface area contributed by atoms with Gasteiger partial charge in [-0.05, 0) is 50.5 Å². The topological polar surface area (TPSA) is 55.1 Å². The Morgan fingerprint density at radius 1 is 1.05 bits per heavy atom. The van der Waals surface area contributed by atoms with Gasteiger partial charge in [0.25, 0.3) is 0 Å². The van der Waals surface area contributed by atoms with Crippen LogP contribution in [0.2, 0.25) is 0 Å². The summed E-state index contributed by atoms with van der Waals surface area (Å²) < 4.78 is 0. The number of anilines is 1. The van der Waals surface area contributed by atoms with E-state index in [1.165, 1.54) is 11.1 Å². The Bertz CT molecular complexity index is 627. The van der Waals surface area contributed by atoms with Gasteiger partial charge in [-0.2, -0.15) is 0 Å². The van der Waals surface area contributed by atoms with E-state index in [0.29, 0.717) is 6.54 Å². The minimum absolute atomic E-state index is 0.0480. The van der Waals surface area contributed by atoms with E-state index in [-0.39, 0.29) is 5.91 Å². The minimum Gasteiger partial charge on any atom is -0.399 e. The fourth-order valence-electron chi connectivity index (χ4n) is 2.33. The van der Waals surface area contributed by atoms with Crippen LogP contribution in [0.25, 0.3) is 0 Å². The largest absolute Gasteiger partial charge is 0.399 e. The zero-order chi connectivity index (χ0) is 16.2. The lowest BCUT2D eigenvalue weighted by molar-refractivity contribution is -0.125. The summed E-state index contributed by atoms with van der Waals surface area (Å²) in [6, 6.07) is 15.9. The first-order chi connectivity index (χ1) is 10.4. The molecule has 22 heavy (non-hydrogen) atoms. The third kappa shape index (κ3) is 3.88. The fraction of sp³-hybridized carbons (Fsp3) is 0.316. The van der Waals surface area contributed by atoms with Crippen molar-refractivity contribution in [3.05, 3.63) is 65.2 Å². The monoisotopic (exact) mass is 296 g/mol. The second kappa shape index (κ2) is 6.65. The molecule has 2 aromatic rings. The molecule has 1 amide bonds. The van der Waals surface area contributed by atoms with E-state index >= 15 is 0 Å². The van der Waals surface area contributed by atoms with Crippen LogP contribution in [-0.4, -0.2) is 12.5 Å². The molecule has 0 fully saturated rings. The molecule has 0 radical (unpaired) electrons. The van der Waals surface area contributed by atoms with Crippen LogP contribution in [-0.2, 0) is 16.6 Å². The van der Waals surface area contributed by atoms with Gasteiger partial charge >= 0.3 is 0 Å². The Morgan fingerprint density at radius 3 is 2.23 bits per heavy atom. The highest BCUT2D eigenvalue weighted by Gasteiger charge is 2.29. The highest BCUT2D eigenvalue weighted by atomic mass is 16.2. The van der Waals surface area contributed by atoms with Gasteiger partial charge in [-0.15, -0.1) is 0 Å². The van der Waals surface area contributed by atoms with Crippen molar-refractivity contribution in [3.8, 4) is 0 Å². The summed E-state index contributed by atoms with van der Waals surface area (Å²) in [5, 5.41) is 3.03. The maximum atomic E-state index is 12.5. The average molecular weight is 296 g/mol. The first-order valence-electron chi connectivity index (χ1n) is 7.59. The van der Waals surface area contributed by atoms with Gasteiger partial charge in [0.1, 0.15) is 0 Å². The smallest absolute Gasteiger partial charge is 0.230 e. The third-order valence-corrected chi connectivity index (χ3v) is 4.02. The summed E-state index contributed by atoms with van der Waals surface area (Å²) in [6.45, 7) is 6.58. The molecule has 0 saturated heterocycles. The van der Waals surface area contributed by atoms with Gasteiger partial charge in [0, 0.05) is 12.2 Å². The van der Waals surface area contributed by atoms with E-state index in [1.54, 1.807) is 0 Å². The molecule has 2 aromatic carbocycles. The van der Waals surface area contributed by atoms with E-state index in [2.05, 4.69) is 5.32 Å². The predicted octanol–water partition coefficient (Wildman–Crippen LogP) is 3.21. The lowest BCUT2D eigenvalue weighted by Crippen LogP contribution is -2.40. The number of hydrogen-bond donors (Lipinski definition) is 2. The molecule has 3 heteroatoms. The van der Waals surface area contributed by atoms with Crippen molar-refractivity contribution in [2.45, 2.75) is 32.6 Å². The standard InChI is InChI=1S/C19H24N2O/c1-14-4-8-16(9-5-14)19(2,3)18(22)21-13-12-15-6-10-17(20)11-7-15/h4-11H,12-13,20H2,1-3H3,(H,21,22). The highest BCUT2D eigenvalue weighted by Crippen LogP contribution is 2.23. The maximum absolute atomic E-state index is 12.5. The lowest BCUT2D eigenvalue weighted by Gasteiger charge is -2.24. The summed E-state index contributed by atoms with van der Waals surface area (Å²) >= 11 is 0. The number of carbonyl (C=O) groups excluding carboxylic acids is 1. The Morgan fingerprint density at radius 2 is 1.64 bits per heavy atom. The number of aryl methyl sites for hydroxylation is 1. The lowest BCUT2D eigenvalue weighted by atomic mass is 9.83. The molecule has 116 valence electrons. The average Bonchev–Trinajstić information content (AvgIpc) is 2.49. The Hall–Kier alpha value is -2.29. The van der Waals surface area contributed by atoms with E-state index in [1.807, 2.05) is 69.3 Å². The molecular formula is C19H24N2O. The van der Waals surface area contributed by atoms with Crippen molar-refractivity contribution >= 4 is 11.6 Å². The first kappa shape index (κ1) is 16.1. The van der Waals surface area contributed by atoms with Crippen molar-refractivity contribution in [1.29, 1.82) is 0 Å². The molecule has 0 aliphatic heterocycles. The van der Waals surface area contributed by atoms with Gasteiger partial charge in [-0.3, -0.25) is 4.79 Å². The zero-order valence-corrected chi connectivity index (χ0v) is 13.5. The molecule has 0 bridgehead atoms. The summed E-state index contributed by atoms with van der Waals surface area (Å²) in [6.07, 6.45) is 0.802. The minimum atomic E-state index is -0.533. The second-order valence-corrected chi connectivity index (χ2v) is 6.24. The van der Waals surface area contributed by atoms with Gasteiger partial charge in [0.15, 0.2) is 0 Å². The first-order valence-corrected chi connectivity index (χ1v) is 7.59. The van der Waals surface area contributed by atoms with Crippen LogP contribution in [0.1, 0.15) is 30.5 Å². The van der Waals surface area contributed by atoms with E-state index < -0.39 is 5.41 Å². The Kier molecular flexibility index (Phi) is 4.86. The number of hydrogen-bond acceptors (Lipinski definition) is 2. The van der Waals surface area contributed by atoms with E-state index in [4.69, 9.17) is 5.73 Å². The maximum Gasteiger partial charge on any atom is 0.230 e. The van der Waals surface area contributed by atoms with Crippen molar-refractivity contribution in [3.63, 3.8) is 0 Å². The number of nitrogens with one attached hydrogen (secondary N) is 1. The number of nitrogen functional groups attached to an aromatic ring is 1. The van der Waals surface area contributed by atoms with Crippen molar-refractivity contribution in [1.82, 2.24) is 5.32 Å². The van der Waals surface area contributed by atoms with Crippen molar-refractivity contribution in [2.75, 3.05) is 12.3 Å². The fourth-order valence-corrected chi connectivity index (χ4v) is 2.33. The molecule has 0 aliphatic carbocycles. The molecule has 2 rings (SSSR count). The second-order valence-electron chi connectivity index (χ2n) is 6.24. The molecule has 0 saturated carbocycles. The van der Waals surface area contributed by atoms with Crippen LogP contribution in [0.5, 0.6) is 0 Å². The summed E-state index contributed by atoms with van der Waals surface area (Å²) in [5.74, 6) is 0.0480. The Balaban J connectivity index is 1.93. The molecule has 0 spiro atoms. The van der Waals surface area contributed by atoms with Crippen LogP contribution < -0.4 is 11.1 Å². The molecule has 0 atom stereocenters. The number of rotatable bonds is 5. The van der Waals surface area contributed by atoms with Crippen LogP contribution in [0, 0.1) is 6.92 Å². The Labute approximate surface area is 132 Å². The van der Waals surface area contributed by atoms with Gasteiger partial charge < -0.3 is 11.1 Å². The normalized spacial score (nSPS) is 11.2. The molecule has 0 aliphatic rings. The number of amides is 1. The SMILES string of the molecule is Cc1ccc(C(C)(C)C(=O)NCCc2ccc(N)cc2)cc1. The third-order valence-electron chi connectivity index (χ3n) is 4.02. The molecule has 0 aromatic heterocycles. The van der Waals surface area contributed by atoms with Crippen molar-refractivity contribution in [2.24, 2.45) is 0 Å². The van der Waals surface area contributed by atoms with Crippen LogP contribution in [0.3, 0.4) is 0 Å². The number of benzene rings is 2. The summed E-state index contributed by atoms with van der Waals surface area (Å²) in [7, 11) is 0. The van der Waals surface area contributed by atoms with Gasteiger partial charge in [-0.25, -0.2) is 0 Å². The molecule has 0 unspecified atom stereocenters. The van der Waals surface area contributed by atoms with E-state index in [0.717, 1.165) is 17.7 Å². The van der Waals surface area contributed by atoms with E-state index in [9.17, 15) is 4.79 Å². The zero-order valence-electron chi connectivity index (χ0n) is 13.5. The highest BCUT2D eigenvalue weighted by molar-refractivity contribution is 5.87. The quantitative estimate of drug-likeness (QED) is 0.832. The van der Waals surface area contributed by atoms with Crippen molar-refractivity contribution < 1.29 is 4.79 Å². The van der Waals surface area contributed by atoms with Crippen LogP contribution >= 0.6 is 0 Å². The predicted molar refractivity (Wildman–Crippen MR) is 91.8 cm³/mol. The van der Waals surface area contributed by atoms with Gasteiger partial charge in [0.05, 0.1) is 5.41 Å². The van der Waals surface area contributed by atoms with Gasteiger partial charge in [-0.1, -0.05) is 42.0 Å². The summed E-state index contributed by atoms with van der Waals surface area (Å²) in [5.41, 5.74) is 9.29. The van der Waals surface area contributed by atoms with Crippen LogP contribution in [0.4, 0.5) is 5.69 Å². The number of nitrogens with two attached hydrogens (primary N) is 1. The molecule has 0 heterocycles. The molecular weight excluding hydrogens is 272 g/mol. The molecule has 3 nitrogen and oxygen atoms in total. The van der Waals surface area contributed by atoms with Crippen LogP contribution in [0.15, 0.2) is 48.5 Å². The van der Waals surface area contributed by atoms with Gasteiger partial charge in [0.2, 0.25) is 5.91 Å². The molecule has 3 N–H and O–H groups in total. The number of carbonyl (C=O) groups is 1. The summed E-state index contributed by atoms with van der Waals surface area (Å²) in [4.78, 5) is 12.5.